The molecule has 0 atom stereocenters. The van der Waals surface area contributed by atoms with Crippen molar-refractivity contribution in [3.8, 4) is 0 Å². The fraction of sp³-hybridized carbons (Fsp3) is 0.615. The van der Waals surface area contributed by atoms with E-state index in [4.69, 9.17) is 5.73 Å². The van der Waals surface area contributed by atoms with Crippen molar-refractivity contribution in [3.63, 3.8) is 0 Å². The Morgan fingerprint density at radius 2 is 2.10 bits per heavy atom. The summed E-state index contributed by atoms with van der Waals surface area (Å²) in [5.74, 6) is -0.337. The number of nitro groups is 1. The Balaban J connectivity index is 2.10. The number of hydrogen-bond acceptors (Lipinski definition) is 4. The van der Waals surface area contributed by atoms with E-state index < -0.39 is 4.92 Å². The Hall–Kier alpha value is -1.89. The van der Waals surface area contributed by atoms with Gasteiger partial charge in [-0.3, -0.25) is 4.79 Å². The summed E-state index contributed by atoms with van der Waals surface area (Å²) in [6.45, 7) is 2.51. The van der Waals surface area contributed by atoms with Gasteiger partial charge in [0.1, 0.15) is 0 Å². The molecule has 1 aliphatic rings. The van der Waals surface area contributed by atoms with Gasteiger partial charge in [-0.25, -0.2) is 4.98 Å². The molecule has 1 heterocycles. The molecule has 1 saturated carbocycles. The van der Waals surface area contributed by atoms with Gasteiger partial charge in [0.2, 0.25) is 0 Å². The van der Waals surface area contributed by atoms with Crippen molar-refractivity contribution in [1.82, 2.24) is 9.88 Å². The second-order valence-electron chi connectivity index (χ2n) is 5.17. The second-order valence-corrected chi connectivity index (χ2v) is 5.17. The van der Waals surface area contributed by atoms with Gasteiger partial charge in [-0.2, -0.15) is 0 Å². The lowest BCUT2D eigenvalue weighted by molar-refractivity contribution is -0.389. The molecule has 7 nitrogen and oxygen atoms in total. The number of carbonyl (C=O) groups is 1. The van der Waals surface area contributed by atoms with Crippen molar-refractivity contribution >= 4 is 11.7 Å². The normalized spacial score (nSPS) is 22.5. The van der Waals surface area contributed by atoms with Gasteiger partial charge in [-0.15, -0.1) is 0 Å². The van der Waals surface area contributed by atoms with Gasteiger partial charge in [-0.05, 0) is 43.6 Å². The van der Waals surface area contributed by atoms with Crippen LogP contribution in [0.4, 0.5) is 5.82 Å². The zero-order valence-corrected chi connectivity index (χ0v) is 11.5. The zero-order valence-electron chi connectivity index (χ0n) is 11.5. The number of rotatable bonds is 4. The minimum Gasteiger partial charge on any atom is -0.358 e. The van der Waals surface area contributed by atoms with Crippen LogP contribution in [0.1, 0.15) is 43.1 Å². The predicted molar refractivity (Wildman–Crippen MR) is 74.4 cm³/mol. The van der Waals surface area contributed by atoms with Crippen LogP contribution in [0.25, 0.3) is 0 Å². The Morgan fingerprint density at radius 1 is 1.45 bits per heavy atom. The lowest BCUT2D eigenvalue weighted by Gasteiger charge is -2.34. The number of hydrogen-bond donors (Lipinski definition) is 2. The average Bonchev–Trinajstić information content (AvgIpc) is 2.91. The minimum absolute atomic E-state index is 0.157. The largest absolute Gasteiger partial charge is 0.358 e. The fourth-order valence-electron chi connectivity index (χ4n) is 2.75. The third-order valence-corrected chi connectivity index (χ3v) is 3.88. The maximum Gasteiger partial charge on any atom is 0.321 e. The highest BCUT2D eigenvalue weighted by molar-refractivity contribution is 5.93. The van der Waals surface area contributed by atoms with Crippen molar-refractivity contribution in [1.29, 1.82) is 0 Å². The lowest BCUT2D eigenvalue weighted by atomic mass is 9.90. The number of nitrogens with two attached hydrogens (primary N) is 1. The van der Waals surface area contributed by atoms with Crippen molar-refractivity contribution in [2.24, 2.45) is 5.73 Å². The number of nitrogens with zero attached hydrogens (tertiary/aromatic N) is 2. The first-order chi connectivity index (χ1) is 9.52. The molecule has 1 aromatic heterocycles. The van der Waals surface area contributed by atoms with E-state index in [0.29, 0.717) is 6.54 Å². The topological polar surface area (TPSA) is 105 Å². The van der Waals surface area contributed by atoms with Crippen LogP contribution < -0.4 is 5.73 Å². The van der Waals surface area contributed by atoms with Crippen molar-refractivity contribution in [2.45, 2.75) is 44.7 Å². The molecule has 0 saturated heterocycles. The van der Waals surface area contributed by atoms with Crippen LogP contribution in [0.5, 0.6) is 0 Å². The van der Waals surface area contributed by atoms with E-state index in [0.717, 1.165) is 25.7 Å². The predicted octanol–water partition coefficient (Wildman–Crippen LogP) is 1.65. The van der Waals surface area contributed by atoms with E-state index in [1.54, 1.807) is 4.90 Å². The molecule has 0 bridgehead atoms. The molecule has 0 unspecified atom stereocenters. The van der Waals surface area contributed by atoms with Crippen molar-refractivity contribution < 1.29 is 9.72 Å². The molecule has 1 aromatic rings. The van der Waals surface area contributed by atoms with Crippen LogP contribution in [0, 0.1) is 10.1 Å². The molecule has 1 amide bonds. The van der Waals surface area contributed by atoms with Crippen LogP contribution in [0.2, 0.25) is 0 Å². The van der Waals surface area contributed by atoms with Crippen LogP contribution in [0.3, 0.4) is 0 Å². The van der Waals surface area contributed by atoms with Gasteiger partial charge in [-0.1, -0.05) is 0 Å². The third-order valence-electron chi connectivity index (χ3n) is 3.88. The second kappa shape index (κ2) is 6.04. The summed E-state index contributed by atoms with van der Waals surface area (Å²) in [6, 6.07) is 3.19. The van der Waals surface area contributed by atoms with Crippen LogP contribution in [-0.2, 0) is 0 Å². The molecule has 0 spiro atoms. The van der Waals surface area contributed by atoms with E-state index in [2.05, 4.69) is 4.98 Å². The standard InChI is InChI=1S/C13H20N4O3/c1-2-16(10-5-3-9(14)4-6-10)13(18)11-7-8-12(15-11)17(19)20/h7-10,15H,2-6,14H2,1H3. The number of amides is 1. The Morgan fingerprint density at radius 3 is 2.60 bits per heavy atom. The maximum absolute atomic E-state index is 12.4. The molecule has 110 valence electrons. The summed E-state index contributed by atoms with van der Waals surface area (Å²) < 4.78 is 0. The first-order valence-corrected chi connectivity index (χ1v) is 6.93. The number of carbonyl (C=O) groups excluding carboxylic acids is 1. The summed E-state index contributed by atoms with van der Waals surface area (Å²) in [6.07, 6.45) is 3.62. The molecule has 2 rings (SSSR count). The van der Waals surface area contributed by atoms with Gasteiger partial charge in [0, 0.05) is 24.7 Å². The van der Waals surface area contributed by atoms with E-state index in [9.17, 15) is 14.9 Å². The highest BCUT2D eigenvalue weighted by Crippen LogP contribution is 2.23. The van der Waals surface area contributed by atoms with Gasteiger partial charge in [0.05, 0.1) is 0 Å². The van der Waals surface area contributed by atoms with Gasteiger partial charge < -0.3 is 20.7 Å². The molecule has 1 fully saturated rings. The van der Waals surface area contributed by atoms with Crippen LogP contribution in [0.15, 0.2) is 12.1 Å². The molecular formula is C13H20N4O3. The number of aromatic nitrogens is 1. The molecule has 3 N–H and O–H groups in total. The summed E-state index contributed by atoms with van der Waals surface area (Å²) in [7, 11) is 0. The van der Waals surface area contributed by atoms with Crippen LogP contribution >= 0.6 is 0 Å². The Kier molecular flexibility index (Phi) is 4.39. The molecular weight excluding hydrogens is 260 g/mol. The van der Waals surface area contributed by atoms with Gasteiger partial charge >= 0.3 is 5.82 Å². The first-order valence-electron chi connectivity index (χ1n) is 6.93. The SMILES string of the molecule is CCN(C(=O)c1ccc([N+](=O)[O-])[nH]1)C1CCC(N)CC1. The Bertz CT molecular complexity index is 492. The quantitative estimate of drug-likeness (QED) is 0.646. The monoisotopic (exact) mass is 280 g/mol. The van der Waals surface area contributed by atoms with E-state index in [-0.39, 0.29) is 29.5 Å². The smallest absolute Gasteiger partial charge is 0.321 e. The Labute approximate surface area is 117 Å². The number of H-pyrrole nitrogens is 1. The molecule has 0 radical (unpaired) electrons. The van der Waals surface area contributed by atoms with Gasteiger partial charge in [0.15, 0.2) is 5.69 Å². The minimum atomic E-state index is -0.535. The lowest BCUT2D eigenvalue weighted by Crippen LogP contribution is -2.44. The van der Waals surface area contributed by atoms with Crippen LogP contribution in [-0.4, -0.2) is 39.3 Å². The van der Waals surface area contributed by atoms with Crippen molar-refractivity contribution in [3.05, 3.63) is 27.9 Å². The third kappa shape index (κ3) is 2.98. The van der Waals surface area contributed by atoms with E-state index in [1.807, 2.05) is 6.92 Å². The van der Waals surface area contributed by atoms with E-state index in [1.165, 1.54) is 12.1 Å². The average molecular weight is 280 g/mol. The fourth-order valence-corrected chi connectivity index (χ4v) is 2.75. The summed E-state index contributed by atoms with van der Waals surface area (Å²) in [4.78, 5) is 26.9. The summed E-state index contributed by atoms with van der Waals surface area (Å²) in [5.41, 5.74) is 6.15. The summed E-state index contributed by atoms with van der Waals surface area (Å²) in [5, 5.41) is 10.6. The molecule has 0 aromatic carbocycles. The van der Waals surface area contributed by atoms with E-state index >= 15 is 0 Å². The molecule has 1 aliphatic carbocycles. The highest BCUT2D eigenvalue weighted by Gasteiger charge is 2.29. The van der Waals surface area contributed by atoms with Gasteiger partial charge in [0.25, 0.3) is 5.91 Å². The molecule has 0 aliphatic heterocycles. The van der Waals surface area contributed by atoms with Crippen molar-refractivity contribution in [2.75, 3.05) is 6.54 Å². The molecule has 20 heavy (non-hydrogen) atoms. The number of nitrogens with one attached hydrogen (secondary N) is 1. The zero-order chi connectivity index (χ0) is 14.7. The molecule has 7 heteroatoms. The maximum atomic E-state index is 12.4. The number of aromatic amines is 1. The first kappa shape index (κ1) is 14.5. The summed E-state index contributed by atoms with van der Waals surface area (Å²) >= 11 is 0. The highest BCUT2D eigenvalue weighted by atomic mass is 16.6.